The van der Waals surface area contributed by atoms with Gasteiger partial charge in [0.1, 0.15) is 5.75 Å². The summed E-state index contributed by atoms with van der Waals surface area (Å²) in [6.45, 7) is 1.75. The third-order valence-electron chi connectivity index (χ3n) is 6.15. The molecule has 148 valence electrons. The second-order valence-electron chi connectivity index (χ2n) is 7.75. The zero-order chi connectivity index (χ0) is 20.0. The molecule has 4 nitrogen and oxygen atoms in total. The Balaban J connectivity index is 1.49. The van der Waals surface area contributed by atoms with Crippen LogP contribution in [0.25, 0.3) is 0 Å². The number of hydrogen-bond acceptors (Lipinski definition) is 4. The van der Waals surface area contributed by atoms with Crippen molar-refractivity contribution in [3.8, 4) is 5.75 Å². The lowest BCUT2D eigenvalue weighted by Gasteiger charge is -2.41. The van der Waals surface area contributed by atoms with Crippen molar-refractivity contribution in [3.05, 3.63) is 89.0 Å². The zero-order valence-electron chi connectivity index (χ0n) is 16.3. The van der Waals surface area contributed by atoms with Gasteiger partial charge in [-0.05, 0) is 71.5 Å². The van der Waals surface area contributed by atoms with Crippen LogP contribution in [0.4, 0.5) is 0 Å². The molecule has 0 amide bonds. The van der Waals surface area contributed by atoms with E-state index in [2.05, 4.69) is 17.0 Å². The second-order valence-corrected chi connectivity index (χ2v) is 9.70. The van der Waals surface area contributed by atoms with Crippen LogP contribution in [0.1, 0.15) is 28.3 Å². The van der Waals surface area contributed by atoms with E-state index in [1.54, 1.807) is 37.4 Å². The van der Waals surface area contributed by atoms with Gasteiger partial charge in [-0.25, -0.2) is 8.42 Å². The number of sulfone groups is 1. The van der Waals surface area contributed by atoms with Crippen LogP contribution < -0.4 is 4.74 Å². The van der Waals surface area contributed by atoms with E-state index in [1.807, 2.05) is 24.3 Å². The molecule has 5 heteroatoms. The summed E-state index contributed by atoms with van der Waals surface area (Å²) in [6.07, 6.45) is 1.89. The number of fused-ring (bicyclic) bond motifs is 4. The molecule has 2 aliphatic rings. The van der Waals surface area contributed by atoms with Crippen molar-refractivity contribution in [1.82, 2.24) is 4.90 Å². The SMILES string of the molecule is COc1ccc2c(c1)CCN1Cc3cc(S(=O)(=O)c4ccccc4)ccc3CC21. The molecular weight excluding hydrogens is 382 g/mol. The third kappa shape index (κ3) is 3.15. The van der Waals surface area contributed by atoms with Gasteiger partial charge in [-0.3, -0.25) is 4.90 Å². The molecule has 0 N–H and O–H groups in total. The van der Waals surface area contributed by atoms with E-state index in [9.17, 15) is 8.42 Å². The predicted molar refractivity (Wildman–Crippen MR) is 112 cm³/mol. The summed E-state index contributed by atoms with van der Waals surface area (Å²) in [5.74, 6) is 0.907. The standard InChI is InChI=1S/C24H23NO3S/c1-28-20-8-10-23-18(13-20)11-12-25-16-19-14-22(9-7-17(19)15-24(23)25)29(26,27)21-5-3-2-4-6-21/h2-10,13-14,24H,11-12,15-16H2,1H3. The summed E-state index contributed by atoms with van der Waals surface area (Å²) in [7, 11) is -1.79. The van der Waals surface area contributed by atoms with Gasteiger partial charge in [0.15, 0.2) is 0 Å². The Morgan fingerprint density at radius 1 is 0.897 bits per heavy atom. The van der Waals surface area contributed by atoms with Crippen LogP contribution in [0, 0.1) is 0 Å². The molecule has 0 aliphatic carbocycles. The summed E-state index contributed by atoms with van der Waals surface area (Å²) < 4.78 is 31.4. The fraction of sp³-hybridized carbons (Fsp3) is 0.250. The maximum absolute atomic E-state index is 13.0. The average molecular weight is 406 g/mol. The summed E-state index contributed by atoms with van der Waals surface area (Å²) in [5.41, 5.74) is 5.08. The van der Waals surface area contributed by atoms with Crippen LogP contribution in [-0.4, -0.2) is 27.0 Å². The first-order valence-electron chi connectivity index (χ1n) is 9.89. The molecule has 0 spiro atoms. The Morgan fingerprint density at radius 3 is 2.52 bits per heavy atom. The number of hydrogen-bond donors (Lipinski definition) is 0. The van der Waals surface area contributed by atoms with Crippen LogP contribution in [0.15, 0.2) is 76.5 Å². The van der Waals surface area contributed by atoms with E-state index in [4.69, 9.17) is 4.74 Å². The molecule has 0 fully saturated rings. The molecule has 0 radical (unpaired) electrons. The van der Waals surface area contributed by atoms with Gasteiger partial charge in [-0.2, -0.15) is 0 Å². The minimum Gasteiger partial charge on any atom is -0.497 e. The highest BCUT2D eigenvalue weighted by Gasteiger charge is 2.32. The van der Waals surface area contributed by atoms with E-state index in [1.165, 1.54) is 16.7 Å². The summed E-state index contributed by atoms with van der Waals surface area (Å²) in [5, 5.41) is 0. The van der Waals surface area contributed by atoms with Crippen molar-refractivity contribution in [2.24, 2.45) is 0 Å². The number of methoxy groups -OCH3 is 1. The normalized spacial score (nSPS) is 18.4. The molecule has 29 heavy (non-hydrogen) atoms. The third-order valence-corrected chi connectivity index (χ3v) is 7.91. The van der Waals surface area contributed by atoms with Gasteiger partial charge in [-0.1, -0.05) is 30.3 Å². The highest BCUT2D eigenvalue weighted by molar-refractivity contribution is 7.91. The highest BCUT2D eigenvalue weighted by Crippen LogP contribution is 2.39. The van der Waals surface area contributed by atoms with E-state index >= 15 is 0 Å². The first-order chi connectivity index (χ1) is 14.1. The smallest absolute Gasteiger partial charge is 0.206 e. The molecular formula is C24H23NO3S. The van der Waals surface area contributed by atoms with Crippen molar-refractivity contribution in [2.45, 2.75) is 35.2 Å². The van der Waals surface area contributed by atoms with Crippen molar-refractivity contribution in [1.29, 1.82) is 0 Å². The topological polar surface area (TPSA) is 46.6 Å². The van der Waals surface area contributed by atoms with Gasteiger partial charge in [0, 0.05) is 19.1 Å². The minimum absolute atomic E-state index is 0.341. The largest absolute Gasteiger partial charge is 0.497 e. The first-order valence-corrected chi connectivity index (χ1v) is 11.4. The number of nitrogens with zero attached hydrogens (tertiary/aromatic N) is 1. The van der Waals surface area contributed by atoms with E-state index < -0.39 is 9.84 Å². The monoisotopic (exact) mass is 405 g/mol. The van der Waals surface area contributed by atoms with Crippen molar-refractivity contribution >= 4 is 9.84 Å². The van der Waals surface area contributed by atoms with Gasteiger partial charge in [0.25, 0.3) is 0 Å². The lowest BCUT2D eigenvalue weighted by Crippen LogP contribution is -2.39. The number of rotatable bonds is 3. The molecule has 0 saturated heterocycles. The van der Waals surface area contributed by atoms with Crippen LogP contribution in [0.5, 0.6) is 5.75 Å². The highest BCUT2D eigenvalue weighted by atomic mass is 32.2. The molecule has 0 aromatic heterocycles. The maximum Gasteiger partial charge on any atom is 0.206 e. The second kappa shape index (κ2) is 7.01. The maximum atomic E-state index is 13.0. The molecule has 1 atom stereocenters. The van der Waals surface area contributed by atoms with Gasteiger partial charge in [0.2, 0.25) is 9.84 Å². The molecule has 3 aromatic carbocycles. The fourth-order valence-electron chi connectivity index (χ4n) is 4.57. The first kappa shape index (κ1) is 18.4. The van der Waals surface area contributed by atoms with Crippen molar-refractivity contribution in [2.75, 3.05) is 13.7 Å². The summed E-state index contributed by atoms with van der Waals surface area (Å²) in [4.78, 5) is 3.19. The van der Waals surface area contributed by atoms with Crippen LogP contribution in [0.2, 0.25) is 0 Å². The summed E-state index contributed by atoms with van der Waals surface area (Å²) in [6, 6.07) is 21.0. The number of benzene rings is 3. The van der Waals surface area contributed by atoms with Crippen LogP contribution in [0.3, 0.4) is 0 Å². The molecule has 1 unspecified atom stereocenters. The van der Waals surface area contributed by atoms with Crippen molar-refractivity contribution < 1.29 is 13.2 Å². The Kier molecular flexibility index (Phi) is 4.45. The van der Waals surface area contributed by atoms with E-state index in [0.717, 1.165) is 37.2 Å². The number of ether oxygens (including phenoxy) is 1. The molecule has 2 heterocycles. The molecule has 5 rings (SSSR count). The Bertz CT molecular complexity index is 1170. The Morgan fingerprint density at radius 2 is 1.72 bits per heavy atom. The fourth-order valence-corrected chi connectivity index (χ4v) is 5.91. The lowest BCUT2D eigenvalue weighted by molar-refractivity contribution is 0.160. The minimum atomic E-state index is -3.49. The van der Waals surface area contributed by atoms with Crippen molar-refractivity contribution in [3.63, 3.8) is 0 Å². The molecule has 2 aliphatic heterocycles. The molecule has 3 aromatic rings. The van der Waals surface area contributed by atoms with E-state index in [-0.39, 0.29) is 0 Å². The zero-order valence-corrected chi connectivity index (χ0v) is 17.2. The average Bonchev–Trinajstić information content (AvgIpc) is 2.77. The van der Waals surface area contributed by atoms with Gasteiger partial charge in [0.05, 0.1) is 16.9 Å². The van der Waals surface area contributed by atoms with Gasteiger partial charge >= 0.3 is 0 Å². The predicted octanol–water partition coefficient (Wildman–Crippen LogP) is 4.18. The molecule has 0 bridgehead atoms. The summed E-state index contributed by atoms with van der Waals surface area (Å²) >= 11 is 0. The van der Waals surface area contributed by atoms with Gasteiger partial charge in [-0.15, -0.1) is 0 Å². The van der Waals surface area contributed by atoms with Crippen LogP contribution in [-0.2, 0) is 29.2 Å². The lowest BCUT2D eigenvalue weighted by atomic mass is 9.84. The van der Waals surface area contributed by atoms with E-state index in [0.29, 0.717) is 15.8 Å². The molecule has 0 saturated carbocycles. The Labute approximate surface area is 171 Å². The quantitative estimate of drug-likeness (QED) is 0.656. The van der Waals surface area contributed by atoms with Crippen LogP contribution >= 0.6 is 0 Å². The Hall–Kier alpha value is -2.63. The van der Waals surface area contributed by atoms with Gasteiger partial charge < -0.3 is 4.74 Å².